The van der Waals surface area contributed by atoms with Crippen LogP contribution in [-0.2, 0) is 14.3 Å². The molecule has 1 fully saturated rings. The highest BCUT2D eigenvalue weighted by atomic mass is 35.5. The number of carbonyl (C=O) groups is 2. The quantitative estimate of drug-likeness (QED) is 0.608. The summed E-state index contributed by atoms with van der Waals surface area (Å²) in [6, 6.07) is 0. The number of hydrogen-bond acceptors (Lipinski definition) is 4. The summed E-state index contributed by atoms with van der Waals surface area (Å²) in [5, 5.41) is 8.52. The highest BCUT2D eigenvalue weighted by Gasteiger charge is 2.21. The molecular weight excluding hydrogens is 258 g/mol. The number of hydrogen-bond donors (Lipinski definition) is 3. The standard InChI is InChI=1S/C11H21N3O3.ClH/c1-2-4-13-10(15)3-5-14-11(16)9-8-12-6-7-17-9;/h9,12H,2-8H2,1H3,(H,13,15)(H,14,16);1H. The molecule has 1 aliphatic heterocycles. The average molecular weight is 280 g/mol. The first-order valence-corrected chi connectivity index (χ1v) is 6.10. The van der Waals surface area contributed by atoms with Gasteiger partial charge in [-0.05, 0) is 6.42 Å². The van der Waals surface area contributed by atoms with Crippen LogP contribution in [0.25, 0.3) is 0 Å². The van der Waals surface area contributed by atoms with Gasteiger partial charge < -0.3 is 20.7 Å². The summed E-state index contributed by atoms with van der Waals surface area (Å²) in [6.45, 7) is 4.90. The smallest absolute Gasteiger partial charge is 0.250 e. The van der Waals surface area contributed by atoms with Crippen LogP contribution in [0.15, 0.2) is 0 Å². The molecular formula is C11H22ClN3O3. The molecule has 0 aromatic rings. The van der Waals surface area contributed by atoms with Gasteiger partial charge in [0.25, 0.3) is 0 Å². The highest BCUT2D eigenvalue weighted by Crippen LogP contribution is 1.95. The van der Waals surface area contributed by atoms with Crippen LogP contribution in [0.4, 0.5) is 0 Å². The Labute approximate surface area is 114 Å². The van der Waals surface area contributed by atoms with Crippen molar-refractivity contribution in [2.45, 2.75) is 25.9 Å². The number of morpholine rings is 1. The topological polar surface area (TPSA) is 79.5 Å². The second-order valence-electron chi connectivity index (χ2n) is 3.95. The van der Waals surface area contributed by atoms with Crippen molar-refractivity contribution in [1.29, 1.82) is 0 Å². The van der Waals surface area contributed by atoms with Crippen LogP contribution >= 0.6 is 12.4 Å². The van der Waals surface area contributed by atoms with Crippen molar-refractivity contribution >= 4 is 24.2 Å². The average Bonchev–Trinajstić information content (AvgIpc) is 2.37. The first kappa shape index (κ1) is 17.2. The molecule has 106 valence electrons. The largest absolute Gasteiger partial charge is 0.366 e. The molecule has 0 saturated carbocycles. The van der Waals surface area contributed by atoms with Crippen molar-refractivity contribution in [2.24, 2.45) is 0 Å². The van der Waals surface area contributed by atoms with Gasteiger partial charge in [-0.25, -0.2) is 0 Å². The van der Waals surface area contributed by atoms with Gasteiger partial charge in [0.15, 0.2) is 0 Å². The van der Waals surface area contributed by atoms with Gasteiger partial charge >= 0.3 is 0 Å². The Morgan fingerprint density at radius 3 is 2.72 bits per heavy atom. The number of ether oxygens (including phenoxy) is 1. The maximum Gasteiger partial charge on any atom is 0.250 e. The number of amides is 2. The number of rotatable bonds is 6. The molecule has 7 heteroatoms. The third-order valence-corrected chi connectivity index (χ3v) is 2.44. The lowest BCUT2D eigenvalue weighted by Gasteiger charge is -2.22. The maximum absolute atomic E-state index is 11.6. The Bertz CT molecular complexity index is 258. The summed E-state index contributed by atoms with van der Waals surface area (Å²) in [7, 11) is 0. The van der Waals surface area contributed by atoms with Gasteiger partial charge in [-0.3, -0.25) is 9.59 Å². The van der Waals surface area contributed by atoms with Gasteiger partial charge in [0.05, 0.1) is 6.61 Å². The molecule has 1 aliphatic rings. The van der Waals surface area contributed by atoms with Crippen molar-refractivity contribution in [3.05, 3.63) is 0 Å². The van der Waals surface area contributed by atoms with Crippen LogP contribution in [0.5, 0.6) is 0 Å². The molecule has 18 heavy (non-hydrogen) atoms. The molecule has 0 aromatic heterocycles. The van der Waals surface area contributed by atoms with E-state index in [1.165, 1.54) is 0 Å². The molecule has 1 heterocycles. The summed E-state index contributed by atoms with van der Waals surface area (Å²) in [4.78, 5) is 22.8. The van der Waals surface area contributed by atoms with Gasteiger partial charge in [-0.1, -0.05) is 6.92 Å². The van der Waals surface area contributed by atoms with Crippen LogP contribution in [0.1, 0.15) is 19.8 Å². The predicted molar refractivity (Wildman–Crippen MR) is 70.8 cm³/mol. The zero-order chi connectivity index (χ0) is 12.5. The van der Waals surface area contributed by atoms with E-state index in [9.17, 15) is 9.59 Å². The summed E-state index contributed by atoms with van der Waals surface area (Å²) < 4.78 is 5.29. The second-order valence-corrected chi connectivity index (χ2v) is 3.95. The molecule has 3 N–H and O–H groups in total. The zero-order valence-corrected chi connectivity index (χ0v) is 11.5. The van der Waals surface area contributed by atoms with E-state index >= 15 is 0 Å². The van der Waals surface area contributed by atoms with Gasteiger partial charge in [-0.15, -0.1) is 12.4 Å². The highest BCUT2D eigenvalue weighted by molar-refractivity contribution is 5.85. The Kier molecular flexibility index (Phi) is 9.63. The predicted octanol–water partition coefficient (Wildman–Crippen LogP) is -0.571. The van der Waals surface area contributed by atoms with E-state index in [2.05, 4.69) is 16.0 Å². The van der Waals surface area contributed by atoms with E-state index in [1.807, 2.05) is 6.92 Å². The monoisotopic (exact) mass is 279 g/mol. The van der Waals surface area contributed by atoms with Crippen LogP contribution in [-0.4, -0.2) is 50.7 Å². The van der Waals surface area contributed by atoms with Crippen LogP contribution in [0.3, 0.4) is 0 Å². The van der Waals surface area contributed by atoms with E-state index in [0.717, 1.165) is 13.0 Å². The molecule has 1 atom stereocenters. The van der Waals surface area contributed by atoms with Gasteiger partial charge in [0, 0.05) is 32.6 Å². The van der Waals surface area contributed by atoms with Crippen molar-refractivity contribution in [3.8, 4) is 0 Å². The summed E-state index contributed by atoms with van der Waals surface area (Å²) in [6.07, 6.45) is 0.799. The minimum absolute atomic E-state index is 0. The van der Waals surface area contributed by atoms with Crippen molar-refractivity contribution in [2.75, 3.05) is 32.8 Å². The van der Waals surface area contributed by atoms with E-state index < -0.39 is 6.10 Å². The summed E-state index contributed by atoms with van der Waals surface area (Å²) in [5.41, 5.74) is 0. The Hall–Kier alpha value is -0.850. The summed E-state index contributed by atoms with van der Waals surface area (Å²) in [5.74, 6) is -0.185. The third kappa shape index (κ3) is 6.78. The van der Waals surface area contributed by atoms with Crippen molar-refractivity contribution in [1.82, 2.24) is 16.0 Å². The summed E-state index contributed by atoms with van der Waals surface area (Å²) >= 11 is 0. The minimum Gasteiger partial charge on any atom is -0.366 e. The fourth-order valence-corrected chi connectivity index (χ4v) is 1.50. The number of carbonyl (C=O) groups excluding carboxylic acids is 2. The minimum atomic E-state index is -0.428. The number of halogens is 1. The van der Waals surface area contributed by atoms with Gasteiger partial charge in [-0.2, -0.15) is 0 Å². The second kappa shape index (κ2) is 10.1. The van der Waals surface area contributed by atoms with E-state index in [-0.39, 0.29) is 24.2 Å². The zero-order valence-electron chi connectivity index (χ0n) is 10.7. The number of nitrogens with one attached hydrogen (secondary N) is 3. The Morgan fingerprint density at radius 2 is 2.11 bits per heavy atom. The Morgan fingerprint density at radius 1 is 1.33 bits per heavy atom. The molecule has 2 amide bonds. The van der Waals surface area contributed by atoms with Crippen LogP contribution in [0.2, 0.25) is 0 Å². The lowest BCUT2D eigenvalue weighted by molar-refractivity contribution is -0.134. The van der Waals surface area contributed by atoms with Crippen LogP contribution < -0.4 is 16.0 Å². The molecule has 0 spiro atoms. The molecule has 0 aromatic carbocycles. The Balaban J connectivity index is 0.00000289. The third-order valence-electron chi connectivity index (χ3n) is 2.44. The molecule has 6 nitrogen and oxygen atoms in total. The molecule has 1 unspecified atom stereocenters. The fourth-order valence-electron chi connectivity index (χ4n) is 1.50. The molecule has 0 aliphatic carbocycles. The maximum atomic E-state index is 11.6. The van der Waals surface area contributed by atoms with E-state index in [0.29, 0.717) is 32.7 Å². The normalized spacial score (nSPS) is 18.6. The fraction of sp³-hybridized carbons (Fsp3) is 0.818. The molecule has 1 rings (SSSR count). The molecule has 0 bridgehead atoms. The lowest BCUT2D eigenvalue weighted by Crippen LogP contribution is -2.48. The van der Waals surface area contributed by atoms with Crippen molar-refractivity contribution < 1.29 is 14.3 Å². The van der Waals surface area contributed by atoms with Crippen molar-refractivity contribution in [3.63, 3.8) is 0 Å². The first-order chi connectivity index (χ1) is 8.24. The SMILES string of the molecule is CCCNC(=O)CCNC(=O)C1CNCCO1.Cl. The van der Waals surface area contributed by atoms with E-state index in [1.54, 1.807) is 0 Å². The van der Waals surface area contributed by atoms with E-state index in [4.69, 9.17) is 4.74 Å². The first-order valence-electron chi connectivity index (χ1n) is 6.10. The van der Waals surface area contributed by atoms with Crippen LogP contribution in [0, 0.1) is 0 Å². The van der Waals surface area contributed by atoms with Gasteiger partial charge in [0.1, 0.15) is 6.10 Å². The van der Waals surface area contributed by atoms with Gasteiger partial charge in [0.2, 0.25) is 11.8 Å². The lowest BCUT2D eigenvalue weighted by atomic mass is 10.3. The molecule has 1 saturated heterocycles. The molecule has 0 radical (unpaired) electrons.